The molecule has 2 N–H and O–H groups in total. The number of rotatable bonds is 10. The predicted octanol–water partition coefficient (Wildman–Crippen LogP) is 4.40. The molecule has 3 aromatic heterocycles. The average Bonchev–Trinajstić information content (AvgIpc) is 3.52. The van der Waals surface area contributed by atoms with Crippen molar-refractivity contribution in [1.82, 2.24) is 35.0 Å². The number of methoxy groups -OCH3 is 1. The van der Waals surface area contributed by atoms with Gasteiger partial charge in [0, 0.05) is 24.8 Å². The van der Waals surface area contributed by atoms with E-state index in [1.807, 2.05) is 30.3 Å². The number of benzene rings is 1. The summed E-state index contributed by atoms with van der Waals surface area (Å²) in [5.74, 6) is -0.473. The number of alkyl halides is 3. The lowest BCUT2D eigenvalue weighted by Gasteiger charge is -2.36. The van der Waals surface area contributed by atoms with Gasteiger partial charge in [-0.2, -0.15) is 23.3 Å². The lowest BCUT2D eigenvalue weighted by molar-refractivity contribution is -0.142. The third-order valence-electron chi connectivity index (χ3n) is 7.75. The maximum Gasteiger partial charge on any atom is 0.423 e. The fraction of sp³-hybridized carbons (Fsp3) is 0.400. The Morgan fingerprint density at radius 2 is 1.78 bits per heavy atom. The number of nitrogens with zero attached hydrogens (tertiary/aromatic N) is 7. The molecule has 0 unspecified atom stereocenters. The molecular weight excluding hydrogens is 607 g/mol. The van der Waals surface area contributed by atoms with Crippen LogP contribution < -0.4 is 25.0 Å². The topological polar surface area (TPSA) is 141 Å². The zero-order valence-corrected chi connectivity index (χ0v) is 24.9. The van der Waals surface area contributed by atoms with Crippen molar-refractivity contribution < 1.29 is 32.2 Å². The van der Waals surface area contributed by atoms with Crippen molar-refractivity contribution in [3.05, 3.63) is 72.4 Å². The van der Waals surface area contributed by atoms with E-state index in [0.717, 1.165) is 11.8 Å². The third kappa shape index (κ3) is 7.28. The summed E-state index contributed by atoms with van der Waals surface area (Å²) in [6, 6.07) is 9.24. The van der Waals surface area contributed by atoms with Gasteiger partial charge in [0.2, 0.25) is 11.8 Å². The highest BCUT2D eigenvalue weighted by atomic mass is 19.4. The Bertz CT molecular complexity index is 1610. The molecule has 1 saturated carbocycles. The first-order valence-corrected chi connectivity index (χ1v) is 14.7. The largest absolute Gasteiger partial charge is 0.469 e. The van der Waals surface area contributed by atoms with E-state index >= 15 is 0 Å². The first-order valence-electron chi connectivity index (χ1n) is 14.7. The molecule has 2 fully saturated rings. The molecule has 242 valence electrons. The van der Waals surface area contributed by atoms with Gasteiger partial charge in [-0.15, -0.1) is 0 Å². The van der Waals surface area contributed by atoms with Gasteiger partial charge in [-0.05, 0) is 31.2 Å². The van der Waals surface area contributed by atoms with Crippen molar-refractivity contribution in [3.8, 4) is 17.6 Å². The van der Waals surface area contributed by atoms with Crippen LogP contribution in [0.4, 0.5) is 29.6 Å². The van der Waals surface area contributed by atoms with Crippen LogP contribution in [-0.2, 0) is 17.5 Å². The van der Waals surface area contributed by atoms with Gasteiger partial charge in [-0.3, -0.25) is 4.90 Å². The number of aromatic nitrogens is 6. The van der Waals surface area contributed by atoms with E-state index in [4.69, 9.17) is 14.2 Å². The average molecular weight is 640 g/mol. The molecule has 46 heavy (non-hydrogen) atoms. The molecule has 1 saturated heterocycles. The predicted molar refractivity (Wildman–Crippen MR) is 159 cm³/mol. The summed E-state index contributed by atoms with van der Waals surface area (Å²) >= 11 is 0. The molecule has 16 heteroatoms. The highest BCUT2D eigenvalue weighted by molar-refractivity contribution is 5.92. The number of halogens is 3. The van der Waals surface area contributed by atoms with Crippen molar-refractivity contribution in [3.63, 3.8) is 0 Å². The minimum absolute atomic E-state index is 0.0483. The molecule has 0 spiro atoms. The highest BCUT2D eigenvalue weighted by Gasteiger charge is 2.38. The second-order valence-electron chi connectivity index (χ2n) is 10.9. The van der Waals surface area contributed by atoms with Crippen LogP contribution >= 0.6 is 0 Å². The number of anilines is 2. The Morgan fingerprint density at radius 1 is 1.04 bits per heavy atom. The summed E-state index contributed by atoms with van der Waals surface area (Å²) in [6.45, 7) is 0.753. The zero-order valence-electron chi connectivity index (χ0n) is 24.9. The normalized spacial score (nSPS) is 18.3. The van der Waals surface area contributed by atoms with Gasteiger partial charge < -0.3 is 24.8 Å². The van der Waals surface area contributed by atoms with E-state index < -0.39 is 23.7 Å². The van der Waals surface area contributed by atoms with Crippen LogP contribution in [0, 0.1) is 0 Å². The van der Waals surface area contributed by atoms with E-state index in [0.29, 0.717) is 43.6 Å². The number of nitrogens with one attached hydrogen (secondary N) is 2. The van der Waals surface area contributed by atoms with Crippen LogP contribution in [0.15, 0.2) is 61.3 Å². The molecule has 6 rings (SSSR count). The van der Waals surface area contributed by atoms with Crippen molar-refractivity contribution >= 4 is 17.7 Å². The number of hydrogen-bond acceptors (Lipinski definition) is 10. The number of carbonyl (C=O) groups is 1. The summed E-state index contributed by atoms with van der Waals surface area (Å²) in [6.07, 6.45) is 4.53. The van der Waals surface area contributed by atoms with Gasteiger partial charge in [-0.1, -0.05) is 30.3 Å². The molecule has 2 aliphatic rings. The zero-order chi connectivity index (χ0) is 32.1. The van der Waals surface area contributed by atoms with Gasteiger partial charge in [-0.25, -0.2) is 24.4 Å². The molecule has 4 aromatic rings. The second kappa shape index (κ2) is 13.6. The van der Waals surface area contributed by atoms with Gasteiger partial charge in [0.1, 0.15) is 17.4 Å². The number of amides is 2. The molecule has 13 nitrogen and oxygen atoms in total. The summed E-state index contributed by atoms with van der Waals surface area (Å²) in [5.41, 5.74) is 1.10. The lowest BCUT2D eigenvalue weighted by atomic mass is 9.90. The Kier molecular flexibility index (Phi) is 9.14. The molecule has 0 radical (unpaired) electrons. The van der Waals surface area contributed by atoms with Gasteiger partial charge in [0.25, 0.3) is 0 Å². The molecular formula is C30H32F3N9O4. The van der Waals surface area contributed by atoms with E-state index in [1.165, 1.54) is 7.11 Å². The Labute approximate surface area is 262 Å². The molecule has 2 amide bonds. The number of hydrogen-bond donors (Lipinski definition) is 2. The maximum absolute atomic E-state index is 13.7. The van der Waals surface area contributed by atoms with Gasteiger partial charge >= 0.3 is 18.2 Å². The van der Waals surface area contributed by atoms with Gasteiger partial charge in [0.05, 0.1) is 50.8 Å². The first kappa shape index (κ1) is 31.0. The van der Waals surface area contributed by atoms with Crippen molar-refractivity contribution in [1.29, 1.82) is 0 Å². The number of ether oxygens (including phenoxy) is 3. The summed E-state index contributed by atoms with van der Waals surface area (Å²) < 4.78 is 57.7. The van der Waals surface area contributed by atoms with Crippen LogP contribution in [-0.4, -0.2) is 74.3 Å². The summed E-state index contributed by atoms with van der Waals surface area (Å²) in [7, 11) is 1.48. The maximum atomic E-state index is 13.7. The summed E-state index contributed by atoms with van der Waals surface area (Å²) in [4.78, 5) is 31.6. The monoisotopic (exact) mass is 639 g/mol. The molecule has 1 aliphatic carbocycles. The SMILES string of the molecule is COc1ncc(-n2cc(N(C(=O)NCc3ccccc3)[C@H]3CC[C@H](Nc4ncc(C(F)(F)F)c(OC5COC5)n4)CC3)cn2)cn1. The second-order valence-corrected chi connectivity index (χ2v) is 10.9. The first-order chi connectivity index (χ1) is 22.3. The molecule has 0 atom stereocenters. The Hall–Kier alpha value is -4.99. The number of carbonyl (C=O) groups excluding carboxylic acids is 1. The van der Waals surface area contributed by atoms with E-state index in [-0.39, 0.29) is 43.3 Å². The lowest BCUT2D eigenvalue weighted by Crippen LogP contribution is -2.48. The quantitative estimate of drug-likeness (QED) is 0.257. The molecule has 1 aromatic carbocycles. The van der Waals surface area contributed by atoms with Crippen LogP contribution in [0.25, 0.3) is 5.69 Å². The number of urea groups is 1. The van der Waals surface area contributed by atoms with Crippen molar-refractivity contribution in [2.24, 2.45) is 0 Å². The van der Waals surface area contributed by atoms with E-state index in [9.17, 15) is 18.0 Å². The van der Waals surface area contributed by atoms with Crippen LogP contribution in [0.5, 0.6) is 11.9 Å². The minimum atomic E-state index is -4.66. The van der Waals surface area contributed by atoms with Crippen LogP contribution in [0.3, 0.4) is 0 Å². The Morgan fingerprint density at radius 3 is 2.43 bits per heavy atom. The smallest absolute Gasteiger partial charge is 0.423 e. The minimum Gasteiger partial charge on any atom is -0.469 e. The fourth-order valence-corrected chi connectivity index (χ4v) is 5.29. The third-order valence-corrected chi connectivity index (χ3v) is 7.75. The van der Waals surface area contributed by atoms with E-state index in [2.05, 4.69) is 35.7 Å². The van der Waals surface area contributed by atoms with Crippen LogP contribution in [0.1, 0.15) is 36.8 Å². The van der Waals surface area contributed by atoms with Crippen LogP contribution in [0.2, 0.25) is 0 Å². The van der Waals surface area contributed by atoms with Crippen molar-refractivity contribution in [2.45, 2.75) is 56.6 Å². The standard InChI is InChI=1S/C30H32F3N9O4/c1-44-28-35-12-22(13-36-28)41-16-23(14-38-41)42(29(43)37-11-19-5-3-2-4-6-19)21-9-7-20(8-10-21)39-27-34-15-25(30(31,32)33)26(40-27)46-24-17-45-18-24/h2-6,12-16,20-21,24H,7-11,17-18H2,1H3,(H,37,43)(H,34,39,40)/t20-,21-. The highest BCUT2D eigenvalue weighted by Crippen LogP contribution is 2.36. The van der Waals surface area contributed by atoms with Gasteiger partial charge in [0.15, 0.2) is 0 Å². The molecule has 4 heterocycles. The molecule has 1 aliphatic heterocycles. The summed E-state index contributed by atoms with van der Waals surface area (Å²) in [5, 5.41) is 10.6. The van der Waals surface area contributed by atoms with E-state index in [1.54, 1.807) is 34.4 Å². The Balaban J connectivity index is 1.16. The van der Waals surface area contributed by atoms with Crippen molar-refractivity contribution in [2.75, 3.05) is 30.5 Å². The fourth-order valence-electron chi connectivity index (χ4n) is 5.29. The molecule has 0 bridgehead atoms.